The van der Waals surface area contributed by atoms with E-state index in [1.54, 1.807) is 12.3 Å². The second-order valence-electron chi connectivity index (χ2n) is 5.50. The first kappa shape index (κ1) is 15.2. The Hall–Kier alpha value is -1.73. The van der Waals surface area contributed by atoms with E-state index >= 15 is 0 Å². The number of hydrogen-bond donors (Lipinski definition) is 0. The molecular weight excluding hydrogens is 307 g/mol. The zero-order valence-electron chi connectivity index (χ0n) is 12.2. The van der Waals surface area contributed by atoms with Crippen molar-refractivity contribution in [3.63, 3.8) is 0 Å². The summed E-state index contributed by atoms with van der Waals surface area (Å²) in [6, 6.07) is 5.95. The maximum Gasteiger partial charge on any atom is 0.212 e. The maximum absolute atomic E-state index is 13.2. The Morgan fingerprint density at radius 3 is 3.00 bits per heavy atom. The van der Waals surface area contributed by atoms with Gasteiger partial charge >= 0.3 is 0 Å². The average Bonchev–Trinajstić information content (AvgIpc) is 3.05. The SMILES string of the molecule is CS(=O)(=O)N1CCC[C@H]1c1ncc(Cc2cccc(F)c2)o1. The lowest BCUT2D eigenvalue weighted by atomic mass is 10.1. The molecule has 0 spiro atoms. The largest absolute Gasteiger partial charge is 0.444 e. The molecule has 1 fully saturated rings. The fraction of sp³-hybridized carbons (Fsp3) is 0.400. The van der Waals surface area contributed by atoms with Gasteiger partial charge in [-0.15, -0.1) is 0 Å². The quantitative estimate of drug-likeness (QED) is 0.867. The predicted molar refractivity (Wildman–Crippen MR) is 79.2 cm³/mol. The highest BCUT2D eigenvalue weighted by molar-refractivity contribution is 7.88. The molecule has 0 N–H and O–H groups in total. The molecule has 2 aromatic rings. The van der Waals surface area contributed by atoms with Gasteiger partial charge in [0.2, 0.25) is 15.9 Å². The van der Waals surface area contributed by atoms with Crippen molar-refractivity contribution in [2.75, 3.05) is 12.8 Å². The van der Waals surface area contributed by atoms with Crippen molar-refractivity contribution in [2.24, 2.45) is 0 Å². The van der Waals surface area contributed by atoms with Gasteiger partial charge in [0.05, 0.1) is 12.5 Å². The zero-order valence-corrected chi connectivity index (χ0v) is 13.0. The number of sulfonamides is 1. The Bertz CT molecular complexity index is 773. The Labute approximate surface area is 128 Å². The standard InChI is InChI=1S/C15H17FN2O3S/c1-22(19,20)18-7-3-6-14(18)15-17-10-13(21-15)9-11-4-2-5-12(16)8-11/h2,4-5,8,10,14H,3,6-7,9H2,1H3/t14-/m0/s1. The lowest BCUT2D eigenvalue weighted by molar-refractivity contribution is 0.323. The minimum atomic E-state index is -3.27. The van der Waals surface area contributed by atoms with Gasteiger partial charge in [-0.1, -0.05) is 12.1 Å². The van der Waals surface area contributed by atoms with Crippen molar-refractivity contribution in [3.8, 4) is 0 Å². The van der Waals surface area contributed by atoms with Gasteiger partial charge in [-0.05, 0) is 30.5 Å². The van der Waals surface area contributed by atoms with Crippen molar-refractivity contribution in [1.29, 1.82) is 0 Å². The molecular formula is C15H17FN2O3S. The molecule has 1 aromatic carbocycles. The average molecular weight is 324 g/mol. The number of halogens is 1. The van der Waals surface area contributed by atoms with E-state index in [1.807, 2.05) is 6.07 Å². The lowest BCUT2D eigenvalue weighted by Crippen LogP contribution is -2.29. The van der Waals surface area contributed by atoms with Gasteiger partial charge < -0.3 is 4.42 Å². The molecule has 1 aliphatic rings. The molecule has 3 rings (SSSR count). The second kappa shape index (κ2) is 5.81. The molecule has 0 unspecified atom stereocenters. The lowest BCUT2D eigenvalue weighted by Gasteiger charge is -2.19. The predicted octanol–water partition coefficient (Wildman–Crippen LogP) is 2.50. The van der Waals surface area contributed by atoms with E-state index in [0.717, 1.165) is 12.0 Å². The van der Waals surface area contributed by atoms with Crippen LogP contribution < -0.4 is 0 Å². The number of nitrogens with zero attached hydrogens (tertiary/aromatic N) is 2. The summed E-state index contributed by atoms with van der Waals surface area (Å²) in [5, 5.41) is 0. The van der Waals surface area contributed by atoms with E-state index in [-0.39, 0.29) is 11.9 Å². The summed E-state index contributed by atoms with van der Waals surface area (Å²) in [6.07, 6.45) is 4.70. The van der Waals surface area contributed by atoms with Crippen LogP contribution in [0, 0.1) is 5.82 Å². The van der Waals surface area contributed by atoms with Gasteiger partial charge in [0.1, 0.15) is 17.6 Å². The monoisotopic (exact) mass is 324 g/mol. The van der Waals surface area contributed by atoms with Crippen LogP contribution in [0.25, 0.3) is 0 Å². The fourth-order valence-electron chi connectivity index (χ4n) is 2.79. The van der Waals surface area contributed by atoms with Crippen LogP contribution in [-0.4, -0.2) is 30.5 Å². The van der Waals surface area contributed by atoms with Crippen molar-refractivity contribution in [1.82, 2.24) is 9.29 Å². The molecule has 1 atom stereocenters. The smallest absolute Gasteiger partial charge is 0.212 e. The summed E-state index contributed by atoms with van der Waals surface area (Å²) in [4.78, 5) is 4.21. The molecule has 0 saturated carbocycles. The molecule has 1 saturated heterocycles. The van der Waals surface area contributed by atoms with E-state index in [4.69, 9.17) is 4.42 Å². The topological polar surface area (TPSA) is 63.4 Å². The molecule has 0 radical (unpaired) electrons. The molecule has 0 aliphatic carbocycles. The van der Waals surface area contributed by atoms with Crippen LogP contribution in [0.15, 0.2) is 34.9 Å². The Balaban J connectivity index is 1.79. The van der Waals surface area contributed by atoms with Gasteiger partial charge in [-0.3, -0.25) is 0 Å². The third kappa shape index (κ3) is 3.20. The first-order valence-electron chi connectivity index (χ1n) is 7.09. The summed E-state index contributed by atoms with van der Waals surface area (Å²) < 4.78 is 43.8. The molecule has 118 valence electrons. The first-order chi connectivity index (χ1) is 10.4. The van der Waals surface area contributed by atoms with Gasteiger partial charge in [0.25, 0.3) is 0 Å². The molecule has 22 heavy (non-hydrogen) atoms. The van der Waals surface area contributed by atoms with Crippen LogP contribution in [-0.2, 0) is 16.4 Å². The van der Waals surface area contributed by atoms with Crippen molar-refractivity contribution < 1.29 is 17.2 Å². The Kier molecular flexibility index (Phi) is 4.01. The highest BCUT2D eigenvalue weighted by atomic mass is 32.2. The van der Waals surface area contributed by atoms with Gasteiger partial charge in [-0.2, -0.15) is 4.31 Å². The summed E-state index contributed by atoms with van der Waals surface area (Å²) in [5.74, 6) is 0.714. The fourth-order valence-corrected chi connectivity index (χ4v) is 3.91. The van der Waals surface area contributed by atoms with E-state index in [2.05, 4.69) is 4.98 Å². The van der Waals surface area contributed by atoms with E-state index < -0.39 is 10.0 Å². The highest BCUT2D eigenvalue weighted by Crippen LogP contribution is 2.33. The third-order valence-electron chi connectivity index (χ3n) is 3.75. The van der Waals surface area contributed by atoms with Crippen LogP contribution in [0.2, 0.25) is 0 Å². The highest BCUT2D eigenvalue weighted by Gasteiger charge is 2.35. The van der Waals surface area contributed by atoms with Crippen LogP contribution >= 0.6 is 0 Å². The second-order valence-corrected chi connectivity index (χ2v) is 7.44. The number of hydrogen-bond acceptors (Lipinski definition) is 4. The molecule has 2 heterocycles. The minimum absolute atomic E-state index is 0.295. The van der Waals surface area contributed by atoms with Gasteiger partial charge in [0, 0.05) is 13.0 Å². The summed E-state index contributed by atoms with van der Waals surface area (Å²) >= 11 is 0. The van der Waals surface area contributed by atoms with Crippen LogP contribution in [0.1, 0.15) is 36.1 Å². The van der Waals surface area contributed by atoms with Crippen LogP contribution in [0.4, 0.5) is 4.39 Å². The third-order valence-corrected chi connectivity index (χ3v) is 5.04. The molecule has 1 aliphatic heterocycles. The zero-order chi connectivity index (χ0) is 15.7. The summed E-state index contributed by atoms with van der Waals surface area (Å²) in [7, 11) is -3.27. The molecule has 0 bridgehead atoms. The Morgan fingerprint density at radius 1 is 1.45 bits per heavy atom. The van der Waals surface area contributed by atoms with Crippen LogP contribution in [0.3, 0.4) is 0 Å². The molecule has 0 amide bonds. The number of benzene rings is 1. The Morgan fingerprint density at radius 2 is 2.27 bits per heavy atom. The minimum Gasteiger partial charge on any atom is -0.444 e. The summed E-state index contributed by atoms with van der Waals surface area (Å²) in [6.45, 7) is 0.491. The number of oxazole rings is 1. The molecule has 5 nitrogen and oxygen atoms in total. The maximum atomic E-state index is 13.2. The van der Waals surface area contributed by atoms with Gasteiger partial charge in [-0.25, -0.2) is 17.8 Å². The number of rotatable bonds is 4. The van der Waals surface area contributed by atoms with Crippen molar-refractivity contribution in [3.05, 3.63) is 53.5 Å². The first-order valence-corrected chi connectivity index (χ1v) is 8.94. The van der Waals surface area contributed by atoms with E-state index in [0.29, 0.717) is 31.0 Å². The molecule has 1 aromatic heterocycles. The summed E-state index contributed by atoms with van der Waals surface area (Å²) in [5.41, 5.74) is 0.786. The van der Waals surface area contributed by atoms with Crippen molar-refractivity contribution in [2.45, 2.75) is 25.3 Å². The van der Waals surface area contributed by atoms with E-state index in [1.165, 1.54) is 22.7 Å². The number of aromatic nitrogens is 1. The van der Waals surface area contributed by atoms with Crippen molar-refractivity contribution >= 4 is 10.0 Å². The molecule has 7 heteroatoms. The normalized spacial score (nSPS) is 19.6. The van der Waals surface area contributed by atoms with Crippen LogP contribution in [0.5, 0.6) is 0 Å². The van der Waals surface area contributed by atoms with E-state index in [9.17, 15) is 12.8 Å². The van der Waals surface area contributed by atoms with Gasteiger partial charge in [0.15, 0.2) is 0 Å².